The maximum Gasteiger partial charge on any atom is 0.306 e. The minimum atomic E-state index is -0.784. The molecule has 0 radical (unpaired) electrons. The quantitative estimate of drug-likeness (QED) is 0.0374. The Morgan fingerprint density at radius 3 is 0.882 bits per heavy atom. The van der Waals surface area contributed by atoms with E-state index >= 15 is 0 Å². The molecule has 0 aliphatic rings. The number of aliphatic hydroxyl groups excluding tert-OH is 1. The van der Waals surface area contributed by atoms with Gasteiger partial charge in [0.15, 0.2) is 6.10 Å². The fourth-order valence-corrected chi connectivity index (χ4v) is 7.61. The summed E-state index contributed by atoms with van der Waals surface area (Å²) in [5.41, 5.74) is 0. The molecule has 1 unspecified atom stereocenters. The first-order valence-electron chi connectivity index (χ1n) is 28.1. The van der Waals surface area contributed by atoms with Crippen LogP contribution in [0.3, 0.4) is 0 Å². The van der Waals surface area contributed by atoms with Crippen molar-refractivity contribution in [2.24, 2.45) is 0 Å². The van der Waals surface area contributed by atoms with Gasteiger partial charge < -0.3 is 14.6 Å². The summed E-state index contributed by atoms with van der Waals surface area (Å²) in [6, 6.07) is 0. The molecule has 5 heteroatoms. The van der Waals surface area contributed by atoms with Gasteiger partial charge in [-0.2, -0.15) is 0 Å². The van der Waals surface area contributed by atoms with Crippen molar-refractivity contribution in [3.63, 3.8) is 0 Å². The van der Waals surface area contributed by atoms with E-state index < -0.39 is 6.10 Å². The molecular formula is C63H104O5. The van der Waals surface area contributed by atoms with E-state index in [-0.39, 0.29) is 25.2 Å². The zero-order chi connectivity index (χ0) is 49.2. The number of carbonyl (C=O) groups excluding carboxylic acids is 2. The standard InChI is InChI=1S/C63H104O5/c1-3-5-7-9-11-13-15-17-19-21-23-25-26-27-28-29-30-31-32-33-34-35-36-38-40-42-44-46-48-50-52-54-56-58-63(66)68-61(59-64)60-67-62(65)57-55-53-51-49-47-45-43-41-39-37-24-22-20-18-16-14-12-10-8-6-4-2/h5-8,11-14,17-20,23-25,27-28,30-31,37,61,64H,3-4,9-10,15-16,21-22,26,29,32-36,38-60H2,1-2H3/b7-5-,8-6-,13-11-,14-12-,19-17-,20-18-,25-23-,28-27-,31-30-,37-24-. The van der Waals surface area contributed by atoms with Gasteiger partial charge in [0.1, 0.15) is 6.61 Å². The topological polar surface area (TPSA) is 72.8 Å². The lowest BCUT2D eigenvalue weighted by Gasteiger charge is -2.15. The van der Waals surface area contributed by atoms with Crippen molar-refractivity contribution in [1.82, 2.24) is 0 Å². The first-order valence-corrected chi connectivity index (χ1v) is 28.1. The van der Waals surface area contributed by atoms with Crippen molar-refractivity contribution < 1.29 is 24.2 Å². The number of esters is 2. The van der Waals surface area contributed by atoms with Gasteiger partial charge >= 0.3 is 11.9 Å². The average molecular weight is 942 g/mol. The van der Waals surface area contributed by atoms with Crippen LogP contribution in [0.2, 0.25) is 0 Å². The number of carbonyl (C=O) groups is 2. The number of aliphatic hydroxyl groups is 1. The monoisotopic (exact) mass is 941 g/mol. The normalized spacial score (nSPS) is 13.2. The summed E-state index contributed by atoms with van der Waals surface area (Å²) in [4.78, 5) is 24.5. The van der Waals surface area contributed by atoms with E-state index in [0.29, 0.717) is 12.8 Å². The maximum atomic E-state index is 12.3. The zero-order valence-corrected chi connectivity index (χ0v) is 44.1. The number of rotatable bonds is 50. The number of ether oxygens (including phenoxy) is 2. The highest BCUT2D eigenvalue weighted by atomic mass is 16.6. The number of hydrogen-bond acceptors (Lipinski definition) is 5. The predicted molar refractivity (Wildman–Crippen MR) is 297 cm³/mol. The summed E-state index contributed by atoms with van der Waals surface area (Å²) in [5.74, 6) is -0.603. The van der Waals surface area contributed by atoms with E-state index in [1.807, 2.05) is 0 Å². The van der Waals surface area contributed by atoms with Crippen LogP contribution in [0.1, 0.15) is 245 Å². The Labute approximate surface area is 420 Å². The molecule has 0 spiro atoms. The average Bonchev–Trinajstić information content (AvgIpc) is 3.34. The summed E-state index contributed by atoms with van der Waals surface area (Å²) in [6.45, 7) is 3.91. The van der Waals surface area contributed by atoms with Crippen LogP contribution in [0.25, 0.3) is 0 Å². The molecule has 0 fully saturated rings. The van der Waals surface area contributed by atoms with Gasteiger partial charge in [-0.25, -0.2) is 0 Å². The molecule has 5 nitrogen and oxygen atoms in total. The van der Waals surface area contributed by atoms with Crippen molar-refractivity contribution in [1.29, 1.82) is 0 Å². The van der Waals surface area contributed by atoms with E-state index in [2.05, 4.69) is 135 Å². The second-order valence-corrected chi connectivity index (χ2v) is 18.2. The Kier molecular flexibility index (Phi) is 54.5. The third kappa shape index (κ3) is 54.9. The highest BCUT2D eigenvalue weighted by Gasteiger charge is 2.16. The first kappa shape index (κ1) is 64.3. The van der Waals surface area contributed by atoms with Crippen molar-refractivity contribution in [2.45, 2.75) is 251 Å². The van der Waals surface area contributed by atoms with Gasteiger partial charge in [-0.05, 0) is 103 Å². The van der Waals surface area contributed by atoms with Crippen molar-refractivity contribution in [3.8, 4) is 0 Å². The molecule has 0 heterocycles. The molecule has 1 N–H and O–H groups in total. The van der Waals surface area contributed by atoms with Gasteiger partial charge in [0.2, 0.25) is 0 Å². The minimum absolute atomic E-state index is 0.0757. The molecule has 0 aliphatic carbocycles. The van der Waals surface area contributed by atoms with Gasteiger partial charge in [-0.3, -0.25) is 9.59 Å². The van der Waals surface area contributed by atoms with Crippen LogP contribution in [-0.2, 0) is 19.1 Å². The van der Waals surface area contributed by atoms with Gasteiger partial charge in [-0.15, -0.1) is 0 Å². The molecule has 0 aromatic heterocycles. The summed E-state index contributed by atoms with van der Waals surface area (Å²) in [7, 11) is 0. The smallest absolute Gasteiger partial charge is 0.306 e. The number of hydrogen-bond donors (Lipinski definition) is 1. The summed E-state index contributed by atoms with van der Waals surface area (Å²) >= 11 is 0. The SMILES string of the molecule is CC/C=C\C/C=C\C/C=C\C/C=C\C/C=C\C/C=C\CCCCCCCCCCCCCCCCC(=O)OC(CO)COC(=O)CCCCCCCCCC/C=C\C/C=C\C/C=C\C/C=C\CC. The zero-order valence-electron chi connectivity index (χ0n) is 44.1. The lowest BCUT2D eigenvalue weighted by Crippen LogP contribution is -2.28. The van der Waals surface area contributed by atoms with E-state index in [9.17, 15) is 14.7 Å². The molecule has 0 aromatic carbocycles. The summed E-state index contributed by atoms with van der Waals surface area (Å²) < 4.78 is 10.7. The van der Waals surface area contributed by atoms with E-state index in [1.165, 1.54) is 109 Å². The number of unbranched alkanes of at least 4 members (excludes halogenated alkanes) is 22. The van der Waals surface area contributed by atoms with Gasteiger partial charge in [-0.1, -0.05) is 251 Å². The maximum absolute atomic E-state index is 12.3. The molecule has 0 rings (SSSR count). The fourth-order valence-electron chi connectivity index (χ4n) is 7.61. The molecular weight excluding hydrogens is 837 g/mol. The van der Waals surface area contributed by atoms with Crippen molar-refractivity contribution in [3.05, 3.63) is 122 Å². The van der Waals surface area contributed by atoms with Crippen molar-refractivity contribution >= 4 is 11.9 Å². The van der Waals surface area contributed by atoms with Gasteiger partial charge in [0.25, 0.3) is 0 Å². The van der Waals surface area contributed by atoms with Crippen LogP contribution in [0, 0.1) is 0 Å². The number of allylic oxidation sites excluding steroid dienone is 20. The Hall–Kier alpha value is -3.70. The highest BCUT2D eigenvalue weighted by Crippen LogP contribution is 2.15. The fraction of sp³-hybridized carbons (Fsp3) is 0.651. The van der Waals surface area contributed by atoms with Crippen LogP contribution in [0.5, 0.6) is 0 Å². The third-order valence-corrected chi connectivity index (χ3v) is 11.8. The Morgan fingerprint density at radius 2 is 0.588 bits per heavy atom. The summed E-state index contributed by atoms with van der Waals surface area (Å²) in [6.07, 6.45) is 84.5. The predicted octanol–water partition coefficient (Wildman–Crippen LogP) is 19.1. The molecule has 0 aliphatic heterocycles. The molecule has 0 aromatic rings. The van der Waals surface area contributed by atoms with Crippen LogP contribution in [-0.4, -0.2) is 36.4 Å². The molecule has 0 saturated heterocycles. The molecule has 0 bridgehead atoms. The Morgan fingerprint density at radius 1 is 0.338 bits per heavy atom. The Bertz CT molecular complexity index is 1390. The van der Waals surface area contributed by atoms with Crippen LogP contribution >= 0.6 is 0 Å². The first-order chi connectivity index (χ1) is 33.6. The van der Waals surface area contributed by atoms with Crippen LogP contribution < -0.4 is 0 Å². The van der Waals surface area contributed by atoms with Gasteiger partial charge in [0.05, 0.1) is 6.61 Å². The van der Waals surface area contributed by atoms with Gasteiger partial charge in [0, 0.05) is 12.8 Å². The highest BCUT2D eigenvalue weighted by molar-refractivity contribution is 5.70. The Balaban J connectivity index is 3.53. The second-order valence-electron chi connectivity index (χ2n) is 18.2. The molecule has 386 valence electrons. The molecule has 0 amide bonds. The lowest BCUT2D eigenvalue weighted by molar-refractivity contribution is -0.161. The molecule has 1 atom stereocenters. The van der Waals surface area contributed by atoms with E-state index in [0.717, 1.165) is 109 Å². The van der Waals surface area contributed by atoms with Crippen molar-refractivity contribution in [2.75, 3.05) is 13.2 Å². The molecule has 0 saturated carbocycles. The largest absolute Gasteiger partial charge is 0.462 e. The second kappa shape index (κ2) is 57.6. The van der Waals surface area contributed by atoms with E-state index in [1.54, 1.807) is 0 Å². The summed E-state index contributed by atoms with van der Waals surface area (Å²) in [5, 5.41) is 9.65. The third-order valence-electron chi connectivity index (χ3n) is 11.8. The lowest BCUT2D eigenvalue weighted by atomic mass is 10.0. The van der Waals surface area contributed by atoms with Crippen LogP contribution in [0.4, 0.5) is 0 Å². The molecule has 68 heavy (non-hydrogen) atoms. The minimum Gasteiger partial charge on any atom is -0.462 e. The van der Waals surface area contributed by atoms with Crippen LogP contribution in [0.15, 0.2) is 122 Å². The van der Waals surface area contributed by atoms with E-state index in [4.69, 9.17) is 9.47 Å².